The maximum Gasteiger partial charge on any atom is 0.123 e. The molecule has 0 amide bonds. The van der Waals surface area contributed by atoms with Crippen molar-refractivity contribution >= 4 is 0 Å². The van der Waals surface area contributed by atoms with Gasteiger partial charge in [0.15, 0.2) is 0 Å². The minimum absolute atomic E-state index is 0.0344. The van der Waals surface area contributed by atoms with E-state index in [0.717, 1.165) is 18.1 Å². The molecule has 112 valence electrons. The lowest BCUT2D eigenvalue weighted by Gasteiger charge is -2.16. The molecule has 20 heavy (non-hydrogen) atoms. The molecule has 0 aliphatic heterocycles. The molecular weight excluding hydrogens is 250 g/mol. The zero-order valence-corrected chi connectivity index (χ0v) is 12.5. The van der Waals surface area contributed by atoms with Gasteiger partial charge in [-0.25, -0.2) is 0 Å². The Kier molecular flexibility index (Phi) is 6.19. The Bertz CT molecular complexity index is 386. The van der Waals surface area contributed by atoms with Crippen molar-refractivity contribution in [3.05, 3.63) is 24.3 Å². The second-order valence-corrected chi connectivity index (χ2v) is 5.81. The van der Waals surface area contributed by atoms with Crippen LogP contribution in [0, 0.1) is 5.92 Å². The first-order chi connectivity index (χ1) is 9.78. The van der Waals surface area contributed by atoms with E-state index in [1.54, 1.807) is 0 Å². The van der Waals surface area contributed by atoms with E-state index >= 15 is 0 Å². The molecule has 2 N–H and O–H groups in total. The predicted octanol–water partition coefficient (Wildman–Crippen LogP) is 3.76. The summed E-state index contributed by atoms with van der Waals surface area (Å²) in [5, 5.41) is 0. The summed E-state index contributed by atoms with van der Waals surface area (Å²) in [6.07, 6.45) is 8.12. The Hall–Kier alpha value is -1.22. The largest absolute Gasteiger partial charge is 0.493 e. The van der Waals surface area contributed by atoms with E-state index in [1.165, 1.54) is 38.5 Å². The van der Waals surface area contributed by atoms with Gasteiger partial charge in [-0.2, -0.15) is 0 Å². The molecule has 0 heterocycles. The van der Waals surface area contributed by atoms with Gasteiger partial charge in [0, 0.05) is 12.6 Å². The highest BCUT2D eigenvalue weighted by Crippen LogP contribution is 2.25. The SMILES string of the molecule is CC(CN)Oc1cccc(OCC2CCCCCC2)c1. The van der Waals surface area contributed by atoms with Crippen LogP contribution in [0.25, 0.3) is 0 Å². The molecule has 0 bridgehead atoms. The minimum atomic E-state index is 0.0344. The van der Waals surface area contributed by atoms with Crippen molar-refractivity contribution in [1.82, 2.24) is 0 Å². The van der Waals surface area contributed by atoms with Crippen LogP contribution in [-0.4, -0.2) is 19.3 Å². The third-order valence-electron chi connectivity index (χ3n) is 3.94. The van der Waals surface area contributed by atoms with E-state index in [0.29, 0.717) is 12.5 Å². The van der Waals surface area contributed by atoms with E-state index < -0.39 is 0 Å². The van der Waals surface area contributed by atoms with Gasteiger partial charge in [-0.1, -0.05) is 31.7 Å². The summed E-state index contributed by atoms with van der Waals surface area (Å²) in [5.74, 6) is 2.45. The van der Waals surface area contributed by atoms with E-state index in [-0.39, 0.29) is 6.10 Å². The quantitative estimate of drug-likeness (QED) is 0.805. The van der Waals surface area contributed by atoms with Crippen molar-refractivity contribution in [1.29, 1.82) is 0 Å². The van der Waals surface area contributed by atoms with Crippen molar-refractivity contribution in [2.45, 2.75) is 51.6 Å². The predicted molar refractivity (Wildman–Crippen MR) is 82.3 cm³/mol. The summed E-state index contributed by atoms with van der Waals surface area (Å²) in [6.45, 7) is 3.32. The molecule has 1 aliphatic carbocycles. The van der Waals surface area contributed by atoms with E-state index in [2.05, 4.69) is 0 Å². The van der Waals surface area contributed by atoms with Crippen molar-refractivity contribution < 1.29 is 9.47 Å². The van der Waals surface area contributed by atoms with Crippen LogP contribution in [0.3, 0.4) is 0 Å². The number of nitrogens with two attached hydrogens (primary N) is 1. The van der Waals surface area contributed by atoms with Gasteiger partial charge in [0.05, 0.1) is 6.61 Å². The molecular formula is C17H27NO2. The number of ether oxygens (including phenoxy) is 2. The van der Waals surface area contributed by atoms with Crippen LogP contribution >= 0.6 is 0 Å². The third kappa shape index (κ3) is 5.04. The topological polar surface area (TPSA) is 44.5 Å². The Morgan fingerprint density at radius 2 is 1.85 bits per heavy atom. The standard InChI is InChI=1S/C17H27NO2/c1-14(12-18)20-17-10-6-9-16(11-17)19-13-15-7-4-2-3-5-8-15/h6,9-11,14-15H,2-5,7-8,12-13,18H2,1H3. The van der Waals surface area contributed by atoms with Gasteiger partial charge in [-0.05, 0) is 37.8 Å². The van der Waals surface area contributed by atoms with Crippen LogP contribution in [0.15, 0.2) is 24.3 Å². The highest BCUT2D eigenvalue weighted by Gasteiger charge is 2.13. The van der Waals surface area contributed by atoms with Crippen molar-refractivity contribution in [2.75, 3.05) is 13.2 Å². The molecule has 1 atom stereocenters. The summed E-state index contributed by atoms with van der Waals surface area (Å²) >= 11 is 0. The maximum absolute atomic E-state index is 5.95. The summed E-state index contributed by atoms with van der Waals surface area (Å²) in [7, 11) is 0. The lowest BCUT2D eigenvalue weighted by atomic mass is 10.0. The van der Waals surface area contributed by atoms with Gasteiger partial charge in [0.1, 0.15) is 17.6 Å². The fourth-order valence-electron chi connectivity index (χ4n) is 2.66. The molecule has 2 rings (SSSR count). The van der Waals surface area contributed by atoms with Crippen LogP contribution in [0.4, 0.5) is 0 Å². The first-order valence-corrected chi connectivity index (χ1v) is 7.87. The number of rotatable bonds is 6. The summed E-state index contributed by atoms with van der Waals surface area (Å²) in [5.41, 5.74) is 5.57. The fourth-order valence-corrected chi connectivity index (χ4v) is 2.66. The summed E-state index contributed by atoms with van der Waals surface area (Å²) in [6, 6.07) is 7.88. The van der Waals surface area contributed by atoms with Gasteiger partial charge in [0.25, 0.3) is 0 Å². The Labute approximate surface area is 122 Å². The molecule has 1 aliphatic rings. The van der Waals surface area contributed by atoms with Crippen LogP contribution in [-0.2, 0) is 0 Å². The van der Waals surface area contributed by atoms with Crippen LogP contribution in [0.5, 0.6) is 11.5 Å². The first-order valence-electron chi connectivity index (χ1n) is 7.87. The number of hydrogen-bond donors (Lipinski definition) is 1. The van der Waals surface area contributed by atoms with Gasteiger partial charge in [-0.3, -0.25) is 0 Å². The van der Waals surface area contributed by atoms with Crippen LogP contribution < -0.4 is 15.2 Å². The molecule has 1 fully saturated rings. The van der Waals surface area contributed by atoms with E-state index in [9.17, 15) is 0 Å². The van der Waals surface area contributed by atoms with Gasteiger partial charge < -0.3 is 15.2 Å². The van der Waals surface area contributed by atoms with Crippen LogP contribution in [0.2, 0.25) is 0 Å². The number of hydrogen-bond acceptors (Lipinski definition) is 3. The highest BCUT2D eigenvalue weighted by molar-refractivity contribution is 5.33. The van der Waals surface area contributed by atoms with Crippen molar-refractivity contribution in [2.24, 2.45) is 11.7 Å². The monoisotopic (exact) mass is 277 g/mol. The lowest BCUT2D eigenvalue weighted by Crippen LogP contribution is -2.22. The van der Waals surface area contributed by atoms with Crippen LogP contribution in [0.1, 0.15) is 45.4 Å². The molecule has 0 radical (unpaired) electrons. The smallest absolute Gasteiger partial charge is 0.123 e. The molecule has 1 aromatic carbocycles. The van der Waals surface area contributed by atoms with E-state index in [1.807, 2.05) is 31.2 Å². The zero-order valence-electron chi connectivity index (χ0n) is 12.5. The molecule has 3 nitrogen and oxygen atoms in total. The minimum Gasteiger partial charge on any atom is -0.493 e. The van der Waals surface area contributed by atoms with Gasteiger partial charge >= 0.3 is 0 Å². The first kappa shape index (κ1) is 15.2. The second-order valence-electron chi connectivity index (χ2n) is 5.81. The van der Waals surface area contributed by atoms with Gasteiger partial charge in [-0.15, -0.1) is 0 Å². The molecule has 0 spiro atoms. The summed E-state index contributed by atoms with van der Waals surface area (Å²) in [4.78, 5) is 0. The highest BCUT2D eigenvalue weighted by atomic mass is 16.5. The fraction of sp³-hybridized carbons (Fsp3) is 0.647. The molecule has 1 saturated carbocycles. The number of benzene rings is 1. The average molecular weight is 277 g/mol. The Balaban J connectivity index is 1.84. The normalized spacial score (nSPS) is 18.3. The maximum atomic E-state index is 5.95. The third-order valence-corrected chi connectivity index (χ3v) is 3.94. The average Bonchev–Trinajstić information content (AvgIpc) is 2.74. The Morgan fingerprint density at radius 3 is 2.55 bits per heavy atom. The van der Waals surface area contributed by atoms with Gasteiger partial charge in [0.2, 0.25) is 0 Å². The van der Waals surface area contributed by atoms with Crippen molar-refractivity contribution in [3.63, 3.8) is 0 Å². The second kappa shape index (κ2) is 8.15. The zero-order chi connectivity index (χ0) is 14.2. The molecule has 3 heteroatoms. The molecule has 1 unspecified atom stereocenters. The lowest BCUT2D eigenvalue weighted by molar-refractivity contribution is 0.220. The summed E-state index contributed by atoms with van der Waals surface area (Å²) < 4.78 is 11.7. The molecule has 0 aromatic heterocycles. The molecule has 0 saturated heterocycles. The van der Waals surface area contributed by atoms with E-state index in [4.69, 9.17) is 15.2 Å². The molecule has 1 aromatic rings. The Morgan fingerprint density at radius 1 is 1.15 bits per heavy atom. The van der Waals surface area contributed by atoms with Crippen molar-refractivity contribution in [3.8, 4) is 11.5 Å².